The first-order valence-corrected chi connectivity index (χ1v) is 6.67. The van der Waals surface area contributed by atoms with Crippen molar-refractivity contribution in [1.29, 1.82) is 0 Å². The first-order valence-electron chi connectivity index (χ1n) is 5.88. The zero-order chi connectivity index (χ0) is 12.3. The van der Waals surface area contributed by atoms with Gasteiger partial charge in [0.1, 0.15) is 0 Å². The molecule has 1 aliphatic rings. The van der Waals surface area contributed by atoms with E-state index in [2.05, 4.69) is 33.5 Å². The molecule has 0 bridgehead atoms. The van der Waals surface area contributed by atoms with Gasteiger partial charge in [-0.2, -0.15) is 0 Å². The molecule has 1 fully saturated rings. The van der Waals surface area contributed by atoms with Crippen LogP contribution in [-0.4, -0.2) is 24.5 Å². The Hall–Kier alpha value is -0.870. The molecule has 0 spiro atoms. The molecule has 1 saturated heterocycles. The van der Waals surface area contributed by atoms with Crippen molar-refractivity contribution >= 4 is 21.8 Å². The second-order valence-corrected chi connectivity index (χ2v) is 5.69. The van der Waals surface area contributed by atoms with E-state index in [1.165, 1.54) is 0 Å². The van der Waals surface area contributed by atoms with Crippen molar-refractivity contribution < 1.29 is 4.79 Å². The van der Waals surface area contributed by atoms with Gasteiger partial charge < -0.3 is 10.6 Å². The number of benzene rings is 1. The maximum absolute atomic E-state index is 12.1. The van der Waals surface area contributed by atoms with Gasteiger partial charge in [-0.3, -0.25) is 4.79 Å². The monoisotopic (exact) mass is 296 g/mol. The van der Waals surface area contributed by atoms with Gasteiger partial charge in [0.25, 0.3) is 5.91 Å². The van der Waals surface area contributed by atoms with Crippen molar-refractivity contribution in [3.8, 4) is 0 Å². The number of halogens is 1. The summed E-state index contributed by atoms with van der Waals surface area (Å²) in [6.45, 7) is 4.05. The third-order valence-electron chi connectivity index (χ3n) is 3.23. The van der Waals surface area contributed by atoms with E-state index in [0.717, 1.165) is 30.4 Å². The van der Waals surface area contributed by atoms with Crippen molar-refractivity contribution in [2.75, 3.05) is 13.1 Å². The van der Waals surface area contributed by atoms with Crippen molar-refractivity contribution in [2.45, 2.75) is 25.3 Å². The molecule has 1 heterocycles. The molecule has 1 amide bonds. The Balaban J connectivity index is 2.03. The zero-order valence-corrected chi connectivity index (χ0v) is 11.5. The molecule has 0 aliphatic carbocycles. The summed E-state index contributed by atoms with van der Waals surface area (Å²) in [5.74, 6) is 0.0156. The molecule has 0 atom stereocenters. The minimum Gasteiger partial charge on any atom is -0.347 e. The summed E-state index contributed by atoms with van der Waals surface area (Å²) in [6, 6.07) is 7.45. The molecular formula is C13H17BrN2O. The molecule has 0 saturated carbocycles. The molecule has 0 radical (unpaired) electrons. The molecule has 1 aliphatic heterocycles. The normalized spacial score (nSPS) is 18.7. The molecular weight excluding hydrogens is 280 g/mol. The lowest BCUT2D eigenvalue weighted by atomic mass is 9.90. The Bertz CT molecular complexity index is 396. The van der Waals surface area contributed by atoms with Crippen LogP contribution >= 0.6 is 15.9 Å². The second-order valence-electron chi connectivity index (χ2n) is 4.77. The van der Waals surface area contributed by atoms with E-state index in [1.807, 2.05) is 24.3 Å². The lowest BCUT2D eigenvalue weighted by Gasteiger charge is -2.35. The Kier molecular flexibility index (Phi) is 3.84. The fourth-order valence-corrected chi connectivity index (χ4v) is 2.32. The maximum Gasteiger partial charge on any atom is 0.251 e. The smallest absolute Gasteiger partial charge is 0.251 e. The standard InChI is InChI=1S/C13H17BrN2O/c1-13(6-8-15-9-7-13)16-12(17)10-2-4-11(14)5-3-10/h2-5,15H,6-9H2,1H3,(H,16,17). The number of carbonyl (C=O) groups is 1. The maximum atomic E-state index is 12.1. The number of hydrogen-bond donors (Lipinski definition) is 2. The number of amides is 1. The Labute approximate surface area is 110 Å². The van der Waals surface area contributed by atoms with Crippen molar-refractivity contribution in [3.05, 3.63) is 34.3 Å². The molecule has 17 heavy (non-hydrogen) atoms. The Morgan fingerprint density at radius 1 is 1.29 bits per heavy atom. The van der Waals surface area contributed by atoms with E-state index in [-0.39, 0.29) is 11.4 Å². The van der Waals surface area contributed by atoms with Gasteiger partial charge in [-0.1, -0.05) is 15.9 Å². The number of hydrogen-bond acceptors (Lipinski definition) is 2. The van der Waals surface area contributed by atoms with Crippen LogP contribution in [0.15, 0.2) is 28.7 Å². The predicted molar refractivity (Wildman–Crippen MR) is 72.1 cm³/mol. The van der Waals surface area contributed by atoms with Crippen LogP contribution in [0, 0.1) is 0 Å². The van der Waals surface area contributed by atoms with Crippen LogP contribution in [0.3, 0.4) is 0 Å². The molecule has 0 unspecified atom stereocenters. The third kappa shape index (κ3) is 3.30. The Morgan fingerprint density at radius 3 is 2.47 bits per heavy atom. The van der Waals surface area contributed by atoms with E-state index in [4.69, 9.17) is 0 Å². The number of carbonyl (C=O) groups excluding carboxylic acids is 1. The highest BCUT2D eigenvalue weighted by Crippen LogP contribution is 2.18. The van der Waals surface area contributed by atoms with E-state index in [9.17, 15) is 4.79 Å². The molecule has 4 heteroatoms. The van der Waals surface area contributed by atoms with E-state index < -0.39 is 0 Å². The second kappa shape index (κ2) is 5.19. The molecule has 1 aromatic carbocycles. The summed E-state index contributed by atoms with van der Waals surface area (Å²) in [5.41, 5.74) is 0.642. The largest absolute Gasteiger partial charge is 0.347 e. The van der Waals surface area contributed by atoms with E-state index in [1.54, 1.807) is 0 Å². The SMILES string of the molecule is CC1(NC(=O)c2ccc(Br)cc2)CCNCC1. The summed E-state index contributed by atoms with van der Waals surface area (Å²) in [7, 11) is 0. The van der Waals surface area contributed by atoms with Crippen LogP contribution in [0.1, 0.15) is 30.1 Å². The fourth-order valence-electron chi connectivity index (χ4n) is 2.05. The van der Waals surface area contributed by atoms with Gasteiger partial charge in [-0.25, -0.2) is 0 Å². The predicted octanol–water partition coefficient (Wildman–Crippen LogP) is 2.32. The summed E-state index contributed by atoms with van der Waals surface area (Å²) in [4.78, 5) is 12.1. The van der Waals surface area contributed by atoms with Crippen molar-refractivity contribution in [1.82, 2.24) is 10.6 Å². The van der Waals surface area contributed by atoms with Gasteiger partial charge in [0.05, 0.1) is 0 Å². The molecule has 3 nitrogen and oxygen atoms in total. The Morgan fingerprint density at radius 2 is 1.88 bits per heavy atom. The highest BCUT2D eigenvalue weighted by molar-refractivity contribution is 9.10. The summed E-state index contributed by atoms with van der Waals surface area (Å²) < 4.78 is 0.988. The quantitative estimate of drug-likeness (QED) is 0.879. The average Bonchev–Trinajstić information content (AvgIpc) is 2.30. The van der Waals surface area contributed by atoms with E-state index >= 15 is 0 Å². The molecule has 2 N–H and O–H groups in total. The van der Waals surface area contributed by atoms with Gasteiger partial charge in [-0.15, -0.1) is 0 Å². The number of piperidine rings is 1. The van der Waals surface area contributed by atoms with Gasteiger partial charge in [0, 0.05) is 15.6 Å². The van der Waals surface area contributed by atoms with Crippen LogP contribution in [0.2, 0.25) is 0 Å². The minimum absolute atomic E-state index is 0.0156. The van der Waals surface area contributed by atoms with Crippen molar-refractivity contribution in [3.63, 3.8) is 0 Å². The molecule has 0 aromatic heterocycles. The highest BCUT2D eigenvalue weighted by atomic mass is 79.9. The third-order valence-corrected chi connectivity index (χ3v) is 3.76. The fraction of sp³-hybridized carbons (Fsp3) is 0.462. The lowest BCUT2D eigenvalue weighted by molar-refractivity contribution is 0.0887. The van der Waals surface area contributed by atoms with Gasteiger partial charge in [-0.05, 0) is 57.1 Å². The summed E-state index contributed by atoms with van der Waals surface area (Å²) in [5, 5.41) is 6.44. The van der Waals surface area contributed by atoms with Crippen LogP contribution in [-0.2, 0) is 0 Å². The first kappa shape index (κ1) is 12.6. The van der Waals surface area contributed by atoms with E-state index in [0.29, 0.717) is 5.56 Å². The lowest BCUT2D eigenvalue weighted by Crippen LogP contribution is -2.52. The number of nitrogens with one attached hydrogen (secondary N) is 2. The van der Waals surface area contributed by atoms with Crippen LogP contribution in [0.5, 0.6) is 0 Å². The zero-order valence-electron chi connectivity index (χ0n) is 9.92. The summed E-state index contributed by atoms with van der Waals surface area (Å²) in [6.07, 6.45) is 1.96. The van der Waals surface area contributed by atoms with Crippen LogP contribution in [0.4, 0.5) is 0 Å². The summed E-state index contributed by atoms with van der Waals surface area (Å²) >= 11 is 3.36. The van der Waals surface area contributed by atoms with Gasteiger partial charge in [0.15, 0.2) is 0 Å². The minimum atomic E-state index is -0.0740. The highest BCUT2D eigenvalue weighted by Gasteiger charge is 2.28. The van der Waals surface area contributed by atoms with Gasteiger partial charge >= 0.3 is 0 Å². The van der Waals surface area contributed by atoms with Crippen LogP contribution in [0.25, 0.3) is 0 Å². The van der Waals surface area contributed by atoms with Gasteiger partial charge in [0.2, 0.25) is 0 Å². The first-order chi connectivity index (χ1) is 8.09. The van der Waals surface area contributed by atoms with Crippen molar-refractivity contribution in [2.24, 2.45) is 0 Å². The number of rotatable bonds is 2. The molecule has 92 valence electrons. The van der Waals surface area contributed by atoms with Crippen LogP contribution < -0.4 is 10.6 Å². The topological polar surface area (TPSA) is 41.1 Å². The molecule has 1 aromatic rings. The molecule has 2 rings (SSSR count). The average molecular weight is 297 g/mol.